The van der Waals surface area contributed by atoms with E-state index in [4.69, 9.17) is 0 Å². The molecule has 0 fully saturated rings. The molecule has 0 bridgehead atoms. The number of hydrogen-bond donors (Lipinski definition) is 0. The van der Waals surface area contributed by atoms with Crippen LogP contribution in [0, 0.1) is 5.92 Å². The molecular weight excluding hydrogens is 254 g/mol. The quantitative estimate of drug-likeness (QED) is 0.471. The molecule has 0 spiro atoms. The molecule has 110 valence electrons. The third-order valence-corrected chi connectivity index (χ3v) is 2.99. The number of ether oxygens (including phenoxy) is 3. The molecule has 0 aliphatic rings. The van der Waals surface area contributed by atoms with E-state index in [-0.39, 0.29) is 19.1 Å². The maximum atomic E-state index is 11.5. The van der Waals surface area contributed by atoms with E-state index in [9.17, 15) is 14.4 Å². The fourth-order valence-corrected chi connectivity index (χ4v) is 1.50. The fraction of sp³-hybridized carbons (Fsp3) is 0.750. The number of nitrogens with zero attached hydrogens (tertiary/aromatic N) is 1. The van der Waals surface area contributed by atoms with E-state index in [1.807, 2.05) is 0 Å². The summed E-state index contributed by atoms with van der Waals surface area (Å²) < 4.78 is 13.8. The Bertz CT molecular complexity index is 312. The highest BCUT2D eigenvalue weighted by atomic mass is 16.5. The summed E-state index contributed by atoms with van der Waals surface area (Å²) in [6.45, 7) is 3.19. The van der Waals surface area contributed by atoms with Crippen LogP contribution in [0.2, 0.25) is 0 Å². The second-order valence-electron chi connectivity index (χ2n) is 4.11. The lowest BCUT2D eigenvalue weighted by atomic mass is 10.0. The molecule has 0 aliphatic carbocycles. The number of rotatable bonds is 7. The van der Waals surface area contributed by atoms with Gasteiger partial charge in [-0.25, -0.2) is 0 Å². The zero-order valence-corrected chi connectivity index (χ0v) is 12.0. The summed E-state index contributed by atoms with van der Waals surface area (Å²) in [7, 11) is 3.80. The Morgan fingerprint density at radius 2 is 1.32 bits per heavy atom. The molecule has 0 aliphatic heterocycles. The molecule has 2 atom stereocenters. The van der Waals surface area contributed by atoms with E-state index in [1.54, 1.807) is 13.8 Å². The summed E-state index contributed by atoms with van der Waals surface area (Å²) in [6, 6.07) is -0.370. The van der Waals surface area contributed by atoms with Crippen molar-refractivity contribution in [3.8, 4) is 0 Å². The highest BCUT2D eigenvalue weighted by Gasteiger charge is 2.29. The minimum Gasteiger partial charge on any atom is -0.469 e. The second-order valence-corrected chi connectivity index (χ2v) is 4.11. The third-order valence-electron chi connectivity index (χ3n) is 2.99. The fourth-order valence-electron chi connectivity index (χ4n) is 1.50. The molecule has 7 heteroatoms. The standard InChI is InChI=1S/C12H21NO6/c1-8(12(16)19-5)9(2)13(6-10(14)17-3)7-11(15)18-4/h8-9H,6-7H2,1-5H3. The zero-order chi connectivity index (χ0) is 15.0. The summed E-state index contributed by atoms with van der Waals surface area (Å²) in [4.78, 5) is 35.7. The number of methoxy groups -OCH3 is 3. The van der Waals surface area contributed by atoms with E-state index in [0.717, 1.165) is 0 Å². The normalized spacial score (nSPS) is 13.6. The first kappa shape index (κ1) is 17.4. The summed E-state index contributed by atoms with van der Waals surface area (Å²) in [6.07, 6.45) is 0. The largest absolute Gasteiger partial charge is 0.469 e. The van der Waals surface area contributed by atoms with Crippen molar-refractivity contribution >= 4 is 17.9 Å². The van der Waals surface area contributed by atoms with Crippen molar-refractivity contribution in [2.24, 2.45) is 5.92 Å². The van der Waals surface area contributed by atoms with E-state index in [1.165, 1.54) is 26.2 Å². The van der Waals surface area contributed by atoms with Gasteiger partial charge in [0.2, 0.25) is 0 Å². The molecule has 7 nitrogen and oxygen atoms in total. The van der Waals surface area contributed by atoms with Crippen LogP contribution in [0.4, 0.5) is 0 Å². The van der Waals surface area contributed by atoms with Gasteiger partial charge in [-0.2, -0.15) is 0 Å². The number of hydrogen-bond acceptors (Lipinski definition) is 7. The summed E-state index contributed by atoms with van der Waals surface area (Å²) in [5.74, 6) is -1.88. The predicted octanol–water partition coefficient (Wildman–Crippen LogP) is -0.168. The zero-order valence-electron chi connectivity index (χ0n) is 12.0. The van der Waals surface area contributed by atoms with Crippen LogP contribution in [0.5, 0.6) is 0 Å². The molecule has 0 rings (SSSR count). The van der Waals surface area contributed by atoms with Crippen molar-refractivity contribution in [2.45, 2.75) is 19.9 Å². The van der Waals surface area contributed by atoms with Gasteiger partial charge in [0.1, 0.15) is 0 Å². The molecule has 0 aromatic carbocycles. The van der Waals surface area contributed by atoms with Crippen molar-refractivity contribution in [2.75, 3.05) is 34.4 Å². The van der Waals surface area contributed by atoms with Gasteiger partial charge in [0.15, 0.2) is 0 Å². The maximum absolute atomic E-state index is 11.5. The first-order chi connectivity index (χ1) is 8.87. The topological polar surface area (TPSA) is 82.1 Å². The van der Waals surface area contributed by atoms with E-state index in [0.29, 0.717) is 0 Å². The van der Waals surface area contributed by atoms with Crippen LogP contribution in [0.15, 0.2) is 0 Å². The first-order valence-corrected chi connectivity index (χ1v) is 5.82. The maximum Gasteiger partial charge on any atom is 0.319 e. The van der Waals surface area contributed by atoms with Gasteiger partial charge in [0, 0.05) is 6.04 Å². The van der Waals surface area contributed by atoms with Crippen molar-refractivity contribution in [3.05, 3.63) is 0 Å². The molecule has 0 aromatic heterocycles. The average molecular weight is 275 g/mol. The highest BCUT2D eigenvalue weighted by molar-refractivity contribution is 5.76. The van der Waals surface area contributed by atoms with E-state index >= 15 is 0 Å². The lowest BCUT2D eigenvalue weighted by molar-refractivity contribution is -0.153. The monoisotopic (exact) mass is 275 g/mol. The van der Waals surface area contributed by atoms with Crippen LogP contribution >= 0.6 is 0 Å². The molecule has 0 saturated heterocycles. The van der Waals surface area contributed by atoms with Gasteiger partial charge in [-0.05, 0) is 6.92 Å². The Morgan fingerprint density at radius 3 is 1.63 bits per heavy atom. The van der Waals surface area contributed by atoms with Crippen LogP contribution in [0.25, 0.3) is 0 Å². The Hall–Kier alpha value is -1.63. The van der Waals surface area contributed by atoms with E-state index in [2.05, 4.69) is 14.2 Å². The van der Waals surface area contributed by atoms with Crippen molar-refractivity contribution in [1.29, 1.82) is 0 Å². The van der Waals surface area contributed by atoms with Crippen molar-refractivity contribution in [3.63, 3.8) is 0 Å². The predicted molar refractivity (Wildman–Crippen MR) is 66.2 cm³/mol. The molecule has 2 unspecified atom stereocenters. The molecule has 0 saturated carbocycles. The smallest absolute Gasteiger partial charge is 0.319 e. The Labute approximate surface area is 112 Å². The molecular formula is C12H21NO6. The highest BCUT2D eigenvalue weighted by Crippen LogP contribution is 2.12. The Balaban J connectivity index is 4.84. The molecule has 0 amide bonds. The van der Waals surface area contributed by atoms with Gasteiger partial charge >= 0.3 is 17.9 Å². The Kier molecular flexibility index (Phi) is 7.74. The molecule has 0 aromatic rings. The van der Waals surface area contributed by atoms with Crippen molar-refractivity contribution < 1.29 is 28.6 Å². The molecule has 19 heavy (non-hydrogen) atoms. The van der Waals surface area contributed by atoms with Gasteiger partial charge in [0.25, 0.3) is 0 Å². The summed E-state index contributed by atoms with van der Waals surface area (Å²) >= 11 is 0. The van der Waals surface area contributed by atoms with Crippen LogP contribution in [0.1, 0.15) is 13.8 Å². The van der Waals surface area contributed by atoms with Gasteiger partial charge in [-0.15, -0.1) is 0 Å². The first-order valence-electron chi connectivity index (χ1n) is 5.82. The number of esters is 3. The minimum atomic E-state index is -0.493. The number of carbonyl (C=O) groups excluding carboxylic acids is 3. The number of carbonyl (C=O) groups is 3. The summed E-state index contributed by atoms with van der Waals surface area (Å²) in [5.41, 5.74) is 0. The van der Waals surface area contributed by atoms with Crippen molar-refractivity contribution in [1.82, 2.24) is 4.90 Å². The van der Waals surface area contributed by atoms with Crippen LogP contribution in [-0.2, 0) is 28.6 Å². The lowest BCUT2D eigenvalue weighted by Crippen LogP contribution is -2.46. The third kappa shape index (κ3) is 5.69. The van der Waals surface area contributed by atoms with Gasteiger partial charge < -0.3 is 14.2 Å². The summed E-state index contributed by atoms with van der Waals surface area (Å²) in [5, 5.41) is 0. The lowest BCUT2D eigenvalue weighted by Gasteiger charge is -2.29. The van der Waals surface area contributed by atoms with E-state index < -0.39 is 23.8 Å². The van der Waals surface area contributed by atoms with Crippen LogP contribution < -0.4 is 0 Å². The van der Waals surface area contributed by atoms with Crippen LogP contribution in [-0.4, -0.2) is 63.3 Å². The molecule has 0 N–H and O–H groups in total. The second kappa shape index (κ2) is 8.47. The average Bonchev–Trinajstić information content (AvgIpc) is 2.43. The van der Waals surface area contributed by atoms with Gasteiger partial charge in [-0.3, -0.25) is 19.3 Å². The van der Waals surface area contributed by atoms with Gasteiger partial charge in [-0.1, -0.05) is 6.92 Å². The van der Waals surface area contributed by atoms with Crippen LogP contribution in [0.3, 0.4) is 0 Å². The minimum absolute atomic E-state index is 0.103. The SMILES string of the molecule is COC(=O)CN(CC(=O)OC)C(C)C(C)C(=O)OC. The Morgan fingerprint density at radius 1 is 0.895 bits per heavy atom. The molecule has 0 heterocycles. The van der Waals surface area contributed by atoms with Gasteiger partial charge in [0.05, 0.1) is 40.3 Å². The molecule has 0 radical (unpaired) electrons.